The predicted octanol–water partition coefficient (Wildman–Crippen LogP) is 3.01. The van der Waals surface area contributed by atoms with Crippen molar-refractivity contribution in [2.24, 2.45) is 0 Å². The number of anilines is 1. The summed E-state index contributed by atoms with van der Waals surface area (Å²) in [5, 5.41) is 12.2. The summed E-state index contributed by atoms with van der Waals surface area (Å²) >= 11 is 6.90. The first-order valence-corrected chi connectivity index (χ1v) is 6.71. The van der Waals surface area contributed by atoms with E-state index in [1.54, 1.807) is 0 Å². The fourth-order valence-electron chi connectivity index (χ4n) is 1.31. The summed E-state index contributed by atoms with van der Waals surface area (Å²) in [6.45, 7) is 4.26. The summed E-state index contributed by atoms with van der Waals surface area (Å²) in [5.74, 6) is 0.617. The molecular formula is C10H16ClN3OS. The molecule has 0 spiro atoms. The van der Waals surface area contributed by atoms with Crippen molar-refractivity contribution < 1.29 is 4.79 Å². The van der Waals surface area contributed by atoms with Crippen molar-refractivity contribution in [3.63, 3.8) is 0 Å². The summed E-state index contributed by atoms with van der Waals surface area (Å²) in [7, 11) is 0. The van der Waals surface area contributed by atoms with Crippen LogP contribution in [-0.4, -0.2) is 22.0 Å². The Morgan fingerprint density at radius 1 is 1.56 bits per heavy atom. The molecule has 1 aromatic heterocycles. The van der Waals surface area contributed by atoms with Gasteiger partial charge in [-0.15, -0.1) is 21.8 Å². The quantitative estimate of drug-likeness (QED) is 0.801. The lowest BCUT2D eigenvalue weighted by Crippen LogP contribution is -2.11. The molecule has 1 aromatic rings. The van der Waals surface area contributed by atoms with Crippen molar-refractivity contribution in [3.8, 4) is 0 Å². The van der Waals surface area contributed by atoms with Crippen LogP contribution in [0.2, 0.25) is 0 Å². The van der Waals surface area contributed by atoms with Crippen LogP contribution in [-0.2, 0) is 4.79 Å². The Morgan fingerprint density at radius 2 is 2.31 bits per heavy atom. The van der Waals surface area contributed by atoms with Gasteiger partial charge in [-0.3, -0.25) is 4.79 Å². The largest absolute Gasteiger partial charge is 0.300 e. The van der Waals surface area contributed by atoms with E-state index in [0.29, 0.717) is 23.4 Å². The first-order chi connectivity index (χ1) is 7.67. The highest BCUT2D eigenvalue weighted by molar-refractivity contribution is 7.15. The number of alkyl halides is 1. The van der Waals surface area contributed by atoms with Gasteiger partial charge in [0.15, 0.2) is 0 Å². The van der Waals surface area contributed by atoms with Gasteiger partial charge in [-0.25, -0.2) is 0 Å². The average molecular weight is 262 g/mol. The molecule has 1 atom stereocenters. The highest BCUT2D eigenvalue weighted by Crippen LogP contribution is 2.26. The molecule has 0 aliphatic rings. The number of rotatable bonds is 6. The smallest absolute Gasteiger partial charge is 0.227 e. The van der Waals surface area contributed by atoms with Gasteiger partial charge in [0.2, 0.25) is 11.0 Å². The Labute approximate surface area is 104 Å². The Balaban J connectivity index is 2.54. The van der Waals surface area contributed by atoms with Crippen LogP contribution in [0.25, 0.3) is 0 Å². The van der Waals surface area contributed by atoms with E-state index in [4.69, 9.17) is 11.6 Å². The molecule has 0 aliphatic heterocycles. The van der Waals surface area contributed by atoms with Crippen molar-refractivity contribution in [1.29, 1.82) is 0 Å². The highest BCUT2D eigenvalue weighted by atomic mass is 35.5. The van der Waals surface area contributed by atoms with Crippen LogP contribution in [0.5, 0.6) is 0 Å². The molecule has 0 aromatic carbocycles. The van der Waals surface area contributed by atoms with E-state index in [1.165, 1.54) is 11.3 Å². The highest BCUT2D eigenvalue weighted by Gasteiger charge is 2.12. The van der Waals surface area contributed by atoms with Gasteiger partial charge in [-0.2, -0.15) is 0 Å². The van der Waals surface area contributed by atoms with E-state index in [0.717, 1.165) is 17.8 Å². The van der Waals surface area contributed by atoms with Gasteiger partial charge in [0.25, 0.3) is 0 Å². The summed E-state index contributed by atoms with van der Waals surface area (Å²) in [6.07, 6.45) is 2.51. The standard InChI is InChI=1S/C10H16ClN3OS/c1-3-4-7(2)9-13-14-10(16-9)12-8(15)5-6-11/h7H,3-6H2,1-2H3,(H,12,14,15)/t7-/m1/s1. The zero-order valence-electron chi connectivity index (χ0n) is 9.49. The SMILES string of the molecule is CCC[C@@H](C)c1nnc(NC(=O)CCCl)s1. The molecule has 0 aliphatic carbocycles. The normalized spacial score (nSPS) is 12.4. The van der Waals surface area contributed by atoms with Gasteiger partial charge in [0.05, 0.1) is 0 Å². The van der Waals surface area contributed by atoms with Gasteiger partial charge in [-0.1, -0.05) is 31.6 Å². The Hall–Kier alpha value is -0.680. The van der Waals surface area contributed by atoms with Gasteiger partial charge < -0.3 is 5.32 Å². The maximum absolute atomic E-state index is 11.3. The van der Waals surface area contributed by atoms with Gasteiger partial charge >= 0.3 is 0 Å². The number of halogens is 1. The molecule has 4 nitrogen and oxygen atoms in total. The molecule has 90 valence electrons. The summed E-state index contributed by atoms with van der Waals surface area (Å²) in [4.78, 5) is 11.3. The predicted molar refractivity (Wildman–Crippen MR) is 67.2 cm³/mol. The Morgan fingerprint density at radius 3 is 2.94 bits per heavy atom. The van der Waals surface area contributed by atoms with Crippen LogP contribution >= 0.6 is 22.9 Å². The topological polar surface area (TPSA) is 54.9 Å². The van der Waals surface area contributed by atoms with E-state index in [1.807, 2.05) is 0 Å². The van der Waals surface area contributed by atoms with Crippen molar-refractivity contribution in [3.05, 3.63) is 5.01 Å². The lowest BCUT2D eigenvalue weighted by Gasteiger charge is -2.03. The third-order valence-electron chi connectivity index (χ3n) is 2.15. The van der Waals surface area contributed by atoms with Crippen LogP contribution < -0.4 is 5.32 Å². The van der Waals surface area contributed by atoms with Crippen molar-refractivity contribution >= 4 is 34.0 Å². The first-order valence-electron chi connectivity index (χ1n) is 5.36. The van der Waals surface area contributed by atoms with Gasteiger partial charge in [-0.05, 0) is 6.42 Å². The van der Waals surface area contributed by atoms with E-state index >= 15 is 0 Å². The second-order valence-corrected chi connectivity index (χ2v) is 5.01. The number of aromatic nitrogens is 2. The molecule has 0 unspecified atom stereocenters. The molecule has 1 heterocycles. The third kappa shape index (κ3) is 4.06. The maximum Gasteiger partial charge on any atom is 0.227 e. The second kappa shape index (κ2) is 6.81. The molecule has 0 bridgehead atoms. The summed E-state index contributed by atoms with van der Waals surface area (Å²) in [5.41, 5.74) is 0. The molecular weight excluding hydrogens is 246 g/mol. The molecule has 0 radical (unpaired) electrons. The van der Waals surface area contributed by atoms with Crippen LogP contribution in [0.3, 0.4) is 0 Å². The minimum atomic E-state index is -0.110. The molecule has 1 amide bonds. The lowest BCUT2D eigenvalue weighted by atomic mass is 10.1. The molecule has 0 saturated carbocycles. The number of hydrogen-bond acceptors (Lipinski definition) is 4. The monoisotopic (exact) mass is 261 g/mol. The lowest BCUT2D eigenvalue weighted by molar-refractivity contribution is -0.115. The van der Waals surface area contributed by atoms with Crippen molar-refractivity contribution in [2.45, 2.75) is 39.0 Å². The maximum atomic E-state index is 11.3. The second-order valence-electron chi connectivity index (χ2n) is 3.62. The molecule has 0 saturated heterocycles. The van der Waals surface area contributed by atoms with Gasteiger partial charge in [0, 0.05) is 18.2 Å². The number of nitrogens with one attached hydrogen (secondary N) is 1. The Kier molecular flexibility index (Phi) is 5.69. The first kappa shape index (κ1) is 13.4. The van der Waals surface area contributed by atoms with Crippen molar-refractivity contribution in [2.75, 3.05) is 11.2 Å². The number of carbonyl (C=O) groups excluding carboxylic acids is 1. The Bertz CT molecular complexity index is 343. The molecule has 6 heteroatoms. The zero-order chi connectivity index (χ0) is 12.0. The number of amides is 1. The average Bonchev–Trinajstić information content (AvgIpc) is 2.67. The molecule has 1 N–H and O–H groups in total. The van der Waals surface area contributed by atoms with Crippen LogP contribution in [0.1, 0.15) is 44.0 Å². The van der Waals surface area contributed by atoms with E-state index in [-0.39, 0.29) is 5.91 Å². The third-order valence-corrected chi connectivity index (χ3v) is 3.41. The summed E-state index contributed by atoms with van der Waals surface area (Å²) < 4.78 is 0. The van der Waals surface area contributed by atoms with E-state index in [2.05, 4.69) is 29.4 Å². The van der Waals surface area contributed by atoms with Crippen LogP contribution in [0.4, 0.5) is 5.13 Å². The number of carbonyl (C=O) groups is 1. The molecule has 16 heavy (non-hydrogen) atoms. The van der Waals surface area contributed by atoms with Crippen LogP contribution in [0, 0.1) is 0 Å². The number of nitrogens with zero attached hydrogens (tertiary/aromatic N) is 2. The number of hydrogen-bond donors (Lipinski definition) is 1. The van der Waals surface area contributed by atoms with Crippen molar-refractivity contribution in [1.82, 2.24) is 10.2 Å². The zero-order valence-corrected chi connectivity index (χ0v) is 11.1. The summed E-state index contributed by atoms with van der Waals surface area (Å²) in [6, 6.07) is 0. The fraction of sp³-hybridized carbons (Fsp3) is 0.700. The molecule has 1 rings (SSSR count). The minimum absolute atomic E-state index is 0.110. The van der Waals surface area contributed by atoms with E-state index in [9.17, 15) is 4.79 Å². The van der Waals surface area contributed by atoms with Crippen LogP contribution in [0.15, 0.2) is 0 Å². The van der Waals surface area contributed by atoms with Gasteiger partial charge in [0.1, 0.15) is 5.01 Å². The van der Waals surface area contributed by atoms with E-state index < -0.39 is 0 Å². The fourth-order valence-corrected chi connectivity index (χ4v) is 2.33. The molecule has 0 fully saturated rings. The minimum Gasteiger partial charge on any atom is -0.300 e.